The molecular formula is C13H15N3O3S. The lowest BCUT2D eigenvalue weighted by Gasteiger charge is -2.30. The maximum absolute atomic E-state index is 12.7. The summed E-state index contributed by atoms with van der Waals surface area (Å²) < 4.78 is 5.14. The SMILES string of the molecule is COc1ncccc1N1C(=O)NC2(CCSCC2)C1=O. The van der Waals surface area contributed by atoms with Crippen molar-refractivity contribution >= 4 is 29.4 Å². The minimum Gasteiger partial charge on any atom is -0.479 e. The smallest absolute Gasteiger partial charge is 0.329 e. The van der Waals surface area contributed by atoms with E-state index in [2.05, 4.69) is 10.3 Å². The predicted molar refractivity (Wildman–Crippen MR) is 76.1 cm³/mol. The molecule has 3 rings (SSSR count). The van der Waals surface area contributed by atoms with Crippen molar-refractivity contribution in [2.45, 2.75) is 18.4 Å². The maximum Gasteiger partial charge on any atom is 0.329 e. The molecule has 20 heavy (non-hydrogen) atoms. The minimum atomic E-state index is -0.747. The molecule has 106 valence electrons. The third-order valence-electron chi connectivity index (χ3n) is 3.69. The van der Waals surface area contributed by atoms with Crippen molar-refractivity contribution in [2.24, 2.45) is 0 Å². The first-order chi connectivity index (χ1) is 9.68. The number of pyridine rings is 1. The van der Waals surface area contributed by atoms with Crippen LogP contribution in [0.4, 0.5) is 10.5 Å². The van der Waals surface area contributed by atoms with Gasteiger partial charge in [-0.2, -0.15) is 11.8 Å². The summed E-state index contributed by atoms with van der Waals surface area (Å²) in [6.07, 6.45) is 2.90. The number of hydrogen-bond acceptors (Lipinski definition) is 5. The van der Waals surface area contributed by atoms with Crippen LogP contribution in [0, 0.1) is 0 Å². The van der Waals surface area contributed by atoms with E-state index in [0.29, 0.717) is 18.5 Å². The minimum absolute atomic E-state index is 0.200. The molecule has 0 atom stereocenters. The fraction of sp³-hybridized carbons (Fsp3) is 0.462. The summed E-state index contributed by atoms with van der Waals surface area (Å²) in [5, 5.41) is 2.86. The Morgan fingerprint density at radius 3 is 2.85 bits per heavy atom. The zero-order valence-corrected chi connectivity index (χ0v) is 11.9. The number of nitrogens with one attached hydrogen (secondary N) is 1. The summed E-state index contributed by atoms with van der Waals surface area (Å²) in [5.41, 5.74) is -0.351. The number of carbonyl (C=O) groups is 2. The summed E-state index contributed by atoms with van der Waals surface area (Å²) in [6, 6.07) is 2.95. The van der Waals surface area contributed by atoms with Crippen molar-refractivity contribution in [2.75, 3.05) is 23.5 Å². The molecule has 0 bridgehead atoms. The van der Waals surface area contributed by atoms with Crippen LogP contribution in [0.5, 0.6) is 5.88 Å². The molecule has 7 heteroatoms. The van der Waals surface area contributed by atoms with Crippen LogP contribution in [-0.2, 0) is 4.79 Å². The first kappa shape index (κ1) is 13.2. The number of imide groups is 1. The number of amides is 3. The lowest BCUT2D eigenvalue weighted by atomic mass is 9.92. The standard InChI is InChI=1S/C13H15N3O3S/c1-19-10-9(3-2-6-14-10)16-11(17)13(15-12(16)18)4-7-20-8-5-13/h2-3,6H,4-5,7-8H2,1H3,(H,15,18). The van der Waals surface area contributed by atoms with E-state index in [1.165, 1.54) is 7.11 Å². The molecule has 0 unspecified atom stereocenters. The van der Waals surface area contributed by atoms with Gasteiger partial charge in [-0.15, -0.1) is 0 Å². The number of anilines is 1. The van der Waals surface area contributed by atoms with Crippen molar-refractivity contribution < 1.29 is 14.3 Å². The molecule has 1 spiro atoms. The highest BCUT2D eigenvalue weighted by atomic mass is 32.2. The monoisotopic (exact) mass is 293 g/mol. The molecule has 3 heterocycles. The second-order valence-corrected chi connectivity index (χ2v) is 6.02. The Morgan fingerprint density at radius 1 is 1.40 bits per heavy atom. The van der Waals surface area contributed by atoms with Gasteiger partial charge in [-0.25, -0.2) is 14.7 Å². The lowest BCUT2D eigenvalue weighted by molar-refractivity contribution is -0.122. The van der Waals surface area contributed by atoms with Gasteiger partial charge in [-0.3, -0.25) is 4.79 Å². The number of nitrogens with zero attached hydrogens (tertiary/aromatic N) is 2. The van der Waals surface area contributed by atoms with E-state index in [9.17, 15) is 9.59 Å². The van der Waals surface area contributed by atoms with Crippen LogP contribution in [-0.4, -0.2) is 41.1 Å². The number of rotatable bonds is 2. The highest BCUT2D eigenvalue weighted by Gasteiger charge is 2.52. The van der Waals surface area contributed by atoms with Crippen LogP contribution in [0.3, 0.4) is 0 Å². The molecular weight excluding hydrogens is 278 g/mol. The zero-order chi connectivity index (χ0) is 14.2. The number of ether oxygens (including phenoxy) is 1. The number of urea groups is 1. The second-order valence-electron chi connectivity index (χ2n) is 4.80. The zero-order valence-electron chi connectivity index (χ0n) is 11.1. The Morgan fingerprint density at radius 2 is 2.15 bits per heavy atom. The van der Waals surface area contributed by atoms with Crippen LogP contribution in [0.15, 0.2) is 18.3 Å². The van der Waals surface area contributed by atoms with E-state index in [0.717, 1.165) is 16.4 Å². The summed E-state index contributed by atoms with van der Waals surface area (Å²) in [7, 11) is 1.47. The Labute approximate surface area is 120 Å². The van der Waals surface area contributed by atoms with Crippen molar-refractivity contribution in [3.63, 3.8) is 0 Å². The molecule has 1 N–H and O–H groups in total. The molecule has 6 nitrogen and oxygen atoms in total. The van der Waals surface area contributed by atoms with E-state index in [4.69, 9.17) is 4.74 Å². The average molecular weight is 293 g/mol. The summed E-state index contributed by atoms with van der Waals surface area (Å²) in [4.78, 5) is 30.1. The van der Waals surface area contributed by atoms with Gasteiger partial charge in [0.2, 0.25) is 5.88 Å². The molecule has 3 amide bonds. The molecule has 0 aliphatic carbocycles. The Bertz CT molecular complexity index is 558. The van der Waals surface area contributed by atoms with Gasteiger partial charge in [0.1, 0.15) is 11.2 Å². The van der Waals surface area contributed by atoms with Crippen molar-refractivity contribution in [3.8, 4) is 5.88 Å². The third-order valence-corrected chi connectivity index (χ3v) is 4.68. The number of thioether (sulfide) groups is 1. The molecule has 2 saturated heterocycles. The maximum atomic E-state index is 12.7. The van der Waals surface area contributed by atoms with Crippen molar-refractivity contribution in [3.05, 3.63) is 18.3 Å². The molecule has 2 fully saturated rings. The third kappa shape index (κ3) is 1.93. The van der Waals surface area contributed by atoms with Crippen LogP contribution in [0.2, 0.25) is 0 Å². The van der Waals surface area contributed by atoms with E-state index in [1.807, 2.05) is 0 Å². The molecule has 2 aliphatic heterocycles. The number of aromatic nitrogens is 1. The number of hydrogen-bond donors (Lipinski definition) is 1. The van der Waals surface area contributed by atoms with Crippen LogP contribution in [0.25, 0.3) is 0 Å². The van der Waals surface area contributed by atoms with Gasteiger partial charge in [0.05, 0.1) is 7.11 Å². The molecule has 1 aromatic rings. The first-order valence-electron chi connectivity index (χ1n) is 6.41. The normalized spacial score (nSPS) is 21.1. The highest BCUT2D eigenvalue weighted by molar-refractivity contribution is 7.99. The van der Waals surface area contributed by atoms with E-state index >= 15 is 0 Å². The van der Waals surface area contributed by atoms with Gasteiger partial charge in [-0.1, -0.05) is 0 Å². The molecule has 2 aliphatic rings. The Balaban J connectivity index is 1.98. The van der Waals surface area contributed by atoms with Gasteiger partial charge in [0, 0.05) is 6.20 Å². The van der Waals surface area contributed by atoms with E-state index in [-0.39, 0.29) is 11.8 Å². The number of carbonyl (C=O) groups excluding carboxylic acids is 2. The van der Waals surface area contributed by atoms with Crippen molar-refractivity contribution in [1.29, 1.82) is 0 Å². The first-order valence-corrected chi connectivity index (χ1v) is 7.57. The van der Waals surface area contributed by atoms with Gasteiger partial charge in [0.25, 0.3) is 5.91 Å². The predicted octanol–water partition coefficient (Wildman–Crippen LogP) is 1.41. The number of methoxy groups -OCH3 is 1. The molecule has 0 aromatic carbocycles. The average Bonchev–Trinajstić information content (AvgIpc) is 2.71. The lowest BCUT2D eigenvalue weighted by Crippen LogP contribution is -2.49. The quantitative estimate of drug-likeness (QED) is 0.835. The molecule has 0 saturated carbocycles. The largest absolute Gasteiger partial charge is 0.479 e. The fourth-order valence-corrected chi connectivity index (χ4v) is 3.80. The van der Waals surface area contributed by atoms with Gasteiger partial charge in [-0.05, 0) is 36.5 Å². The second kappa shape index (κ2) is 4.97. The highest BCUT2D eigenvalue weighted by Crippen LogP contribution is 2.37. The summed E-state index contributed by atoms with van der Waals surface area (Å²) >= 11 is 1.80. The molecule has 0 radical (unpaired) electrons. The topological polar surface area (TPSA) is 71.5 Å². The van der Waals surface area contributed by atoms with Crippen LogP contribution >= 0.6 is 11.8 Å². The molecule has 1 aromatic heterocycles. The van der Waals surface area contributed by atoms with Crippen molar-refractivity contribution in [1.82, 2.24) is 10.3 Å². The van der Waals surface area contributed by atoms with Gasteiger partial charge >= 0.3 is 6.03 Å². The van der Waals surface area contributed by atoms with Crippen LogP contribution in [0.1, 0.15) is 12.8 Å². The van der Waals surface area contributed by atoms with Gasteiger partial charge in [0.15, 0.2) is 0 Å². The summed E-state index contributed by atoms with van der Waals surface area (Å²) in [5.74, 6) is 1.83. The van der Waals surface area contributed by atoms with E-state index < -0.39 is 11.6 Å². The Kier molecular flexibility index (Phi) is 3.29. The van der Waals surface area contributed by atoms with Gasteiger partial charge < -0.3 is 10.1 Å². The van der Waals surface area contributed by atoms with Crippen LogP contribution < -0.4 is 15.0 Å². The summed E-state index contributed by atoms with van der Waals surface area (Å²) in [6.45, 7) is 0. The fourth-order valence-electron chi connectivity index (χ4n) is 2.61. The van der Waals surface area contributed by atoms with E-state index in [1.54, 1.807) is 30.1 Å². The Hall–Kier alpha value is -1.76.